The van der Waals surface area contributed by atoms with Crippen LogP contribution in [0.2, 0.25) is 0 Å². The lowest BCUT2D eigenvalue weighted by Gasteiger charge is -2.27. The van der Waals surface area contributed by atoms with Gasteiger partial charge in [0.25, 0.3) is 0 Å². The van der Waals surface area contributed by atoms with Crippen LogP contribution >= 0.6 is 43.2 Å². The molecule has 0 aromatic heterocycles. The molecule has 0 aromatic rings. The van der Waals surface area contributed by atoms with E-state index < -0.39 is 0 Å². The maximum Gasteiger partial charge on any atom is 0.244 e. The van der Waals surface area contributed by atoms with Crippen LogP contribution in [0.5, 0.6) is 0 Å². The van der Waals surface area contributed by atoms with Crippen LogP contribution in [0.15, 0.2) is 38.0 Å². The number of ketones is 5. The number of allylic oxidation sites excluding steroid dienone is 2. The summed E-state index contributed by atoms with van der Waals surface area (Å²) in [4.78, 5) is 119. The van der Waals surface area contributed by atoms with Gasteiger partial charge in [-0.05, 0) is 268 Å². The van der Waals surface area contributed by atoms with Gasteiger partial charge < -0.3 is 93.6 Å². The van der Waals surface area contributed by atoms with Gasteiger partial charge in [0.2, 0.25) is 17.7 Å². The zero-order valence-electron chi connectivity index (χ0n) is 78.6. The Kier molecular flexibility index (Phi) is 88.1. The van der Waals surface area contributed by atoms with Crippen molar-refractivity contribution in [1.29, 1.82) is 0 Å². The van der Waals surface area contributed by atoms with Crippen LogP contribution in [0, 0.1) is 0 Å². The summed E-state index contributed by atoms with van der Waals surface area (Å²) in [5.41, 5.74) is 5.34. The predicted octanol–water partition coefficient (Wildman–Crippen LogP) is 6.10. The summed E-state index contributed by atoms with van der Waals surface area (Å²) in [6, 6.07) is 0. The third-order valence-corrected chi connectivity index (χ3v) is 25.8. The highest BCUT2D eigenvalue weighted by molar-refractivity contribution is 8.77. The summed E-state index contributed by atoms with van der Waals surface area (Å²) in [7, 11) is 19.6. The topological polar surface area (TPSA) is 324 Å². The fraction of sp³-hybridized carbons (Fsp3) is 0.844. The monoisotopic (exact) mass is 1810 g/mol. The molecule has 718 valence electrons. The normalized spacial score (nSPS) is 14.8. The highest BCUT2D eigenvalue weighted by Crippen LogP contribution is 2.23. The van der Waals surface area contributed by atoms with E-state index in [1.54, 1.807) is 21.6 Å². The minimum absolute atomic E-state index is 0.0444. The molecule has 2 fully saturated rings. The summed E-state index contributed by atoms with van der Waals surface area (Å²) in [6.07, 6.45) is 25.6. The Morgan fingerprint density at radius 2 is 0.789 bits per heavy atom. The molecule has 0 bridgehead atoms. The van der Waals surface area contributed by atoms with Gasteiger partial charge in [0.1, 0.15) is 17.3 Å². The molecule has 33 heteroatoms. The summed E-state index contributed by atoms with van der Waals surface area (Å²) in [5.74, 6) is 4.64. The highest BCUT2D eigenvalue weighted by atomic mass is 33.1. The number of carbonyl (C=O) groups is 8. The lowest BCUT2D eigenvalue weighted by Crippen LogP contribution is -2.41. The summed E-state index contributed by atoms with van der Waals surface area (Å²) in [6.45, 7) is 47.4. The maximum absolute atomic E-state index is 13.1. The van der Waals surface area contributed by atoms with Gasteiger partial charge in [0.15, 0.2) is 11.6 Å². The van der Waals surface area contributed by atoms with Crippen molar-refractivity contribution in [1.82, 2.24) is 103 Å². The van der Waals surface area contributed by atoms with E-state index in [1.807, 2.05) is 35.7 Å². The Morgan fingerprint density at radius 1 is 0.350 bits per heavy atom. The lowest BCUT2D eigenvalue weighted by atomic mass is 10.1. The first-order chi connectivity index (χ1) is 59.7. The number of hydrogen-bond acceptors (Lipinski definition) is 30. The second-order valence-electron chi connectivity index (χ2n) is 32.8. The van der Waals surface area contributed by atoms with Gasteiger partial charge in [0, 0.05) is 218 Å². The molecule has 0 atom stereocenters. The summed E-state index contributed by atoms with van der Waals surface area (Å²) < 4.78 is 0. The van der Waals surface area contributed by atoms with E-state index >= 15 is 0 Å². The van der Waals surface area contributed by atoms with Crippen LogP contribution in [-0.2, 0) is 38.4 Å². The number of Topliss-reactive ketones (excluding diaryl/α,β-unsaturated/α-hetero) is 3. The molecule has 0 spiro atoms. The average molecular weight is 1810 g/mol. The molecule has 2 heterocycles. The molecular formula is C90H181N21O8S4. The average Bonchev–Trinajstić information content (AvgIpc) is 0.956. The van der Waals surface area contributed by atoms with E-state index in [1.165, 1.54) is 24.6 Å². The van der Waals surface area contributed by atoms with Crippen LogP contribution < -0.4 is 64.2 Å². The first-order valence-corrected chi connectivity index (χ1v) is 52.1. The van der Waals surface area contributed by atoms with Gasteiger partial charge in [-0.1, -0.05) is 76.3 Å². The van der Waals surface area contributed by atoms with Crippen LogP contribution in [0.3, 0.4) is 0 Å². The standard InChI is InChI=1S/C48H101N13O3S2.C34H59N5O5S2.C8H21N3/c1-4-65-66-43-8-15-47(63)18-38-60(45-56-48(64)16-5-6-32-58-34-11-23-51-28-26-49-19-9-21-53-30-39-58)37-13-36-59(42-41-57(2)3)33-7-14-46(62)17-25-55-44-61-35-12-24-52-29-27-50-20-10-22-54-31-40-61;1-6-30(40)15-10-9-11-18-34(44)35-20-28-46-45-27-13-17-32(42)19-24-39(29-36-33(43)8-3)23-14-22-38(26-25-37(4)5)21-12-16-31(41)7-2;1-11(2)8-4-7-10-6-3-5-9/h49-55H,4-45H2,1-3H3,(H,56,64);6-8H,1-3,9-29H2,4-5H3,(H,35,44)(H,36,43);10H,3-9H2,1-2H3. The molecule has 0 aromatic carbocycles. The minimum atomic E-state index is -0.237. The smallest absolute Gasteiger partial charge is 0.244 e. The first-order valence-electron chi connectivity index (χ1n) is 47.2. The van der Waals surface area contributed by atoms with Crippen LogP contribution in [0.1, 0.15) is 180 Å². The van der Waals surface area contributed by atoms with Gasteiger partial charge in [-0.25, -0.2) is 0 Å². The molecule has 0 aliphatic carbocycles. The molecule has 0 saturated carbocycles. The van der Waals surface area contributed by atoms with E-state index in [9.17, 15) is 38.4 Å². The van der Waals surface area contributed by atoms with Crippen molar-refractivity contribution in [2.45, 2.75) is 180 Å². The molecule has 3 amide bonds. The van der Waals surface area contributed by atoms with Crippen LogP contribution in [0.25, 0.3) is 0 Å². The molecule has 2 rings (SSSR count). The van der Waals surface area contributed by atoms with E-state index in [-0.39, 0.29) is 35.1 Å². The zero-order chi connectivity index (χ0) is 90.3. The highest BCUT2D eigenvalue weighted by Gasteiger charge is 2.18. The van der Waals surface area contributed by atoms with Gasteiger partial charge >= 0.3 is 0 Å². The molecule has 29 nitrogen and oxygen atoms in total. The number of unbranched alkanes of at least 4 members (excludes halogenated alkanes) is 3. The Bertz CT molecular complexity index is 2560. The number of likely N-dealkylation sites (N-methyl/N-ethyl adjacent to an activating group) is 2. The van der Waals surface area contributed by atoms with Crippen molar-refractivity contribution in [3.8, 4) is 0 Å². The number of amides is 3. The van der Waals surface area contributed by atoms with Gasteiger partial charge in [-0.2, -0.15) is 0 Å². The van der Waals surface area contributed by atoms with Crippen molar-refractivity contribution in [3.05, 3.63) is 38.0 Å². The Balaban J connectivity index is 0.00000226. The molecular weight excluding hydrogens is 1630 g/mol. The second kappa shape index (κ2) is 90.6. The number of hydrogen-bond donors (Lipinski definition) is 12. The molecule has 0 unspecified atom stereocenters. The first kappa shape index (κ1) is 120. The zero-order valence-corrected chi connectivity index (χ0v) is 81.9. The molecule has 0 radical (unpaired) electrons. The number of nitrogens with zero attached hydrogens (tertiary/aromatic N) is 9. The van der Waals surface area contributed by atoms with Crippen LogP contribution in [0.4, 0.5) is 0 Å². The van der Waals surface area contributed by atoms with E-state index in [0.717, 1.165) is 342 Å². The third-order valence-electron chi connectivity index (χ3n) is 20.8. The molecule has 13 N–H and O–H groups in total. The largest absolute Gasteiger partial charge is 0.355 e. The Hall–Kier alpha value is -3.34. The number of rotatable bonds is 72. The molecule has 2 aliphatic rings. The fourth-order valence-corrected chi connectivity index (χ4v) is 17.0. The minimum Gasteiger partial charge on any atom is -0.355 e. The number of nitrogens with two attached hydrogens (primary N) is 1. The van der Waals surface area contributed by atoms with E-state index in [0.29, 0.717) is 109 Å². The predicted molar refractivity (Wildman–Crippen MR) is 527 cm³/mol. The molecule has 123 heavy (non-hydrogen) atoms. The van der Waals surface area contributed by atoms with Crippen molar-refractivity contribution < 1.29 is 38.4 Å². The van der Waals surface area contributed by atoms with Crippen molar-refractivity contribution in [2.75, 3.05) is 314 Å². The lowest BCUT2D eigenvalue weighted by molar-refractivity contribution is -0.122. The SMILES string of the molecule is C=CC(=O)CCCCCC(=O)NCCSSCCCC(=O)CCN(CCCN(CCCC(=O)C=C)CCN(C)C)CNC(=O)C=C.CCSSCCCC(=O)CCN(CCCN(CCCC(=O)CCNCN1CCCNCCNCCCNCC1)CCN(C)C)CNC(=O)CCCCN1CCCNCCNCCCNCC1.CN(C)CCCNCCCN. The van der Waals surface area contributed by atoms with Gasteiger partial charge in [0.05, 0.1) is 13.3 Å². The number of nitrogens with one attached hydrogen (secondary N) is 11. The van der Waals surface area contributed by atoms with E-state index in [4.69, 9.17) is 5.73 Å². The fourth-order valence-electron chi connectivity index (χ4n) is 13.3. The second-order valence-corrected chi connectivity index (χ2v) is 38.4. The Morgan fingerprint density at radius 3 is 1.33 bits per heavy atom. The van der Waals surface area contributed by atoms with Crippen molar-refractivity contribution in [2.24, 2.45) is 5.73 Å². The van der Waals surface area contributed by atoms with Crippen molar-refractivity contribution in [3.63, 3.8) is 0 Å². The van der Waals surface area contributed by atoms with Gasteiger partial charge in [-0.3, -0.25) is 53.1 Å². The molecule has 2 aliphatic heterocycles. The maximum atomic E-state index is 13.1. The van der Waals surface area contributed by atoms with Gasteiger partial charge in [-0.15, -0.1) is 0 Å². The number of carbonyl (C=O) groups excluding carboxylic acids is 8. The summed E-state index contributed by atoms with van der Waals surface area (Å²) >= 11 is 0. The third kappa shape index (κ3) is 86.5. The summed E-state index contributed by atoms with van der Waals surface area (Å²) in [5, 5.41) is 37.1. The molecule has 2 saturated heterocycles. The van der Waals surface area contributed by atoms with Crippen LogP contribution in [-0.4, -0.2) is 405 Å². The van der Waals surface area contributed by atoms with E-state index in [2.05, 4.69) is 157 Å². The van der Waals surface area contributed by atoms with Crippen molar-refractivity contribution >= 4 is 89.8 Å². The quantitative estimate of drug-likeness (QED) is 0.0142. The Labute approximate surface area is 764 Å².